The normalized spacial score (nSPS) is 18.8. The van der Waals surface area contributed by atoms with Gasteiger partial charge in [0.2, 0.25) is 0 Å². The van der Waals surface area contributed by atoms with E-state index < -0.39 is 5.97 Å². The number of aliphatic carboxylic acids is 1. The van der Waals surface area contributed by atoms with Gasteiger partial charge in [0.15, 0.2) is 0 Å². The number of likely N-dealkylation sites (tertiary alicyclic amines) is 1. The highest BCUT2D eigenvalue weighted by atomic mass is 35.5. The Morgan fingerprint density at radius 2 is 1.56 bits per heavy atom. The van der Waals surface area contributed by atoms with Crippen LogP contribution in [0.3, 0.4) is 0 Å². The molecule has 5 nitrogen and oxygen atoms in total. The fourth-order valence-corrected chi connectivity index (χ4v) is 5.89. The van der Waals surface area contributed by atoms with Gasteiger partial charge < -0.3 is 14.6 Å². The largest absolute Gasteiger partial charge is 0.489 e. The maximum Gasteiger partial charge on any atom is 0.303 e. The Kier molecular flexibility index (Phi) is 10.4. The number of carboxylic acid groups (broad SMARTS) is 1. The van der Waals surface area contributed by atoms with Gasteiger partial charge in [-0.15, -0.1) is 12.4 Å². The number of benzene rings is 3. The lowest BCUT2D eigenvalue weighted by Crippen LogP contribution is -2.49. The molecule has 1 spiro atoms. The molecule has 0 aromatic heterocycles. The van der Waals surface area contributed by atoms with E-state index >= 15 is 0 Å². The molecule has 1 atom stereocenters. The highest BCUT2D eigenvalue weighted by Gasteiger charge is 2.40. The average molecular weight is 550 g/mol. The minimum Gasteiger partial charge on any atom is -0.489 e. The van der Waals surface area contributed by atoms with Crippen molar-refractivity contribution in [2.45, 2.75) is 63.7 Å². The van der Waals surface area contributed by atoms with Crippen LogP contribution in [0.25, 0.3) is 0 Å². The van der Waals surface area contributed by atoms with Crippen LogP contribution in [0.4, 0.5) is 0 Å². The molecule has 0 aliphatic carbocycles. The molecule has 3 aromatic carbocycles. The van der Waals surface area contributed by atoms with Crippen molar-refractivity contribution in [1.82, 2.24) is 4.90 Å². The number of hydrogen-bond donors (Lipinski definition) is 1. The maximum atomic E-state index is 10.7. The first-order valence-electron chi connectivity index (χ1n) is 14.0. The van der Waals surface area contributed by atoms with Crippen LogP contribution in [-0.4, -0.2) is 41.3 Å². The summed E-state index contributed by atoms with van der Waals surface area (Å²) in [5, 5.41) is 8.82. The topological polar surface area (TPSA) is 59.0 Å². The van der Waals surface area contributed by atoms with Crippen molar-refractivity contribution < 1.29 is 19.4 Å². The minimum atomic E-state index is -0.774. The van der Waals surface area contributed by atoms with Gasteiger partial charge in [-0.3, -0.25) is 9.69 Å². The SMILES string of the molecule is Cl.O=C(O)CCc1ccc(OCc2ccc(CN3CCC4(CC3)CC(Cc3ccccc3)CCO4)cc2)cc1. The number of hydrogen-bond acceptors (Lipinski definition) is 4. The van der Waals surface area contributed by atoms with E-state index in [2.05, 4.69) is 59.5 Å². The lowest BCUT2D eigenvalue weighted by molar-refractivity contribution is -0.136. The van der Waals surface area contributed by atoms with Crippen LogP contribution in [0.2, 0.25) is 0 Å². The third-order valence-corrected chi connectivity index (χ3v) is 8.12. The van der Waals surface area contributed by atoms with E-state index in [-0.39, 0.29) is 24.4 Å². The van der Waals surface area contributed by atoms with Gasteiger partial charge in [0.25, 0.3) is 0 Å². The molecule has 3 aromatic rings. The molecule has 2 fully saturated rings. The molecule has 0 bridgehead atoms. The van der Waals surface area contributed by atoms with E-state index in [1.165, 1.54) is 30.4 Å². The molecular formula is C33H40ClNO4. The van der Waals surface area contributed by atoms with Crippen LogP contribution in [0, 0.1) is 5.92 Å². The molecule has 5 rings (SSSR count). The summed E-state index contributed by atoms with van der Waals surface area (Å²) in [6.45, 7) is 4.57. The van der Waals surface area contributed by atoms with Gasteiger partial charge >= 0.3 is 5.97 Å². The standard InChI is InChI=1S/C33H39NO4.ClH/c35-32(36)15-12-26-10-13-31(14-11-26)37-25-29-8-6-28(7-9-29)24-34-19-17-33(18-20-34)23-30(16-21-38-33)22-27-4-2-1-3-5-27;/h1-11,13-14,30H,12,15-25H2,(H,35,36);1H. The number of nitrogens with zero attached hydrogens (tertiary/aromatic N) is 1. The average Bonchev–Trinajstić information content (AvgIpc) is 2.94. The van der Waals surface area contributed by atoms with E-state index in [9.17, 15) is 4.79 Å². The van der Waals surface area contributed by atoms with Crippen LogP contribution in [-0.2, 0) is 35.5 Å². The molecule has 2 saturated heterocycles. The van der Waals surface area contributed by atoms with Crippen molar-refractivity contribution in [1.29, 1.82) is 0 Å². The summed E-state index contributed by atoms with van der Waals surface area (Å²) in [4.78, 5) is 13.3. The van der Waals surface area contributed by atoms with Gasteiger partial charge in [0.1, 0.15) is 12.4 Å². The summed E-state index contributed by atoms with van der Waals surface area (Å²) in [6.07, 6.45) is 6.47. The van der Waals surface area contributed by atoms with Gasteiger partial charge in [0.05, 0.1) is 5.60 Å². The van der Waals surface area contributed by atoms with E-state index in [0.29, 0.717) is 13.0 Å². The maximum absolute atomic E-state index is 10.7. The van der Waals surface area contributed by atoms with Crippen LogP contribution in [0.1, 0.15) is 54.4 Å². The Morgan fingerprint density at radius 1 is 0.897 bits per heavy atom. The second kappa shape index (κ2) is 14.0. The molecule has 1 N–H and O–H groups in total. The monoisotopic (exact) mass is 549 g/mol. The number of rotatable bonds is 10. The molecule has 2 aliphatic heterocycles. The van der Waals surface area contributed by atoms with Gasteiger partial charge in [-0.2, -0.15) is 0 Å². The van der Waals surface area contributed by atoms with Crippen molar-refractivity contribution in [3.05, 3.63) is 101 Å². The summed E-state index contributed by atoms with van der Waals surface area (Å²) in [6, 6.07) is 27.3. The van der Waals surface area contributed by atoms with Crippen molar-refractivity contribution in [2.75, 3.05) is 19.7 Å². The Balaban J connectivity index is 0.00000353. The number of ether oxygens (including phenoxy) is 2. The van der Waals surface area contributed by atoms with Gasteiger partial charge in [-0.25, -0.2) is 0 Å². The number of halogens is 1. The fraction of sp³-hybridized carbons (Fsp3) is 0.424. The summed E-state index contributed by atoms with van der Waals surface area (Å²) >= 11 is 0. The summed E-state index contributed by atoms with van der Waals surface area (Å²) in [7, 11) is 0. The molecule has 2 aliphatic rings. The van der Waals surface area contributed by atoms with E-state index in [0.717, 1.165) is 61.9 Å². The van der Waals surface area contributed by atoms with Gasteiger partial charge in [-0.1, -0.05) is 66.7 Å². The molecule has 0 radical (unpaired) electrons. The molecule has 1 unspecified atom stereocenters. The minimum absolute atomic E-state index is 0. The Bertz CT molecular complexity index is 1160. The molecular weight excluding hydrogens is 510 g/mol. The van der Waals surface area contributed by atoms with Crippen molar-refractivity contribution in [3.63, 3.8) is 0 Å². The highest BCUT2D eigenvalue weighted by Crippen LogP contribution is 2.39. The van der Waals surface area contributed by atoms with Gasteiger partial charge in [-0.05, 0) is 78.8 Å². The van der Waals surface area contributed by atoms with Crippen LogP contribution in [0.5, 0.6) is 5.75 Å². The van der Waals surface area contributed by atoms with Crippen LogP contribution in [0.15, 0.2) is 78.9 Å². The lowest BCUT2D eigenvalue weighted by Gasteiger charge is -2.46. The predicted octanol–water partition coefficient (Wildman–Crippen LogP) is 6.71. The van der Waals surface area contributed by atoms with Crippen molar-refractivity contribution in [2.24, 2.45) is 5.92 Å². The number of carboxylic acids is 1. The zero-order valence-corrected chi connectivity index (χ0v) is 23.4. The summed E-state index contributed by atoms with van der Waals surface area (Å²) in [5.41, 5.74) is 5.01. The van der Waals surface area contributed by atoms with E-state index in [1.807, 2.05) is 24.3 Å². The molecule has 0 saturated carbocycles. The fourth-order valence-electron chi connectivity index (χ4n) is 5.89. The van der Waals surface area contributed by atoms with Crippen LogP contribution < -0.4 is 4.74 Å². The first-order chi connectivity index (χ1) is 18.6. The zero-order valence-electron chi connectivity index (χ0n) is 22.6. The second-order valence-corrected chi connectivity index (χ2v) is 11.0. The third-order valence-electron chi connectivity index (χ3n) is 8.12. The number of piperidine rings is 1. The predicted molar refractivity (Wildman–Crippen MR) is 156 cm³/mol. The van der Waals surface area contributed by atoms with E-state index in [4.69, 9.17) is 14.6 Å². The van der Waals surface area contributed by atoms with Crippen molar-refractivity contribution in [3.8, 4) is 5.75 Å². The smallest absolute Gasteiger partial charge is 0.303 e. The molecule has 0 amide bonds. The first kappa shape index (κ1) is 29.1. The Labute approximate surface area is 238 Å². The quantitative estimate of drug-likeness (QED) is 0.304. The first-order valence-corrected chi connectivity index (χ1v) is 14.0. The molecule has 6 heteroatoms. The molecule has 2 heterocycles. The van der Waals surface area contributed by atoms with Crippen molar-refractivity contribution >= 4 is 18.4 Å². The second-order valence-electron chi connectivity index (χ2n) is 11.0. The van der Waals surface area contributed by atoms with E-state index in [1.54, 1.807) is 0 Å². The third kappa shape index (κ3) is 8.56. The summed E-state index contributed by atoms with van der Waals surface area (Å²) in [5.74, 6) is 0.748. The lowest BCUT2D eigenvalue weighted by atomic mass is 9.77. The Hall–Kier alpha value is -2.86. The van der Waals surface area contributed by atoms with Gasteiger partial charge in [0, 0.05) is 32.7 Å². The molecule has 39 heavy (non-hydrogen) atoms. The number of aryl methyl sites for hydroxylation is 1. The zero-order chi connectivity index (χ0) is 26.2. The summed E-state index contributed by atoms with van der Waals surface area (Å²) < 4.78 is 12.3. The van der Waals surface area contributed by atoms with Crippen LogP contribution >= 0.6 is 12.4 Å². The Morgan fingerprint density at radius 3 is 2.26 bits per heavy atom. The highest BCUT2D eigenvalue weighted by molar-refractivity contribution is 5.85. The molecule has 208 valence electrons. The number of carbonyl (C=O) groups is 1.